The van der Waals surface area contributed by atoms with Crippen LogP contribution in [0.2, 0.25) is 0 Å². The van der Waals surface area contributed by atoms with Gasteiger partial charge in [-0.1, -0.05) is 30.3 Å². The molecule has 1 atom stereocenters. The zero-order valence-corrected chi connectivity index (χ0v) is 13.5. The summed E-state index contributed by atoms with van der Waals surface area (Å²) in [6.45, 7) is 0.668. The molecule has 126 valence electrons. The first-order chi connectivity index (χ1) is 12.2. The number of carbonyl (C=O) groups is 2. The summed E-state index contributed by atoms with van der Waals surface area (Å²) < 4.78 is 5.15. The van der Waals surface area contributed by atoms with Crippen LogP contribution in [0, 0.1) is 11.3 Å². The molecule has 1 aliphatic heterocycles. The Bertz CT molecular complexity index is 797. The highest BCUT2D eigenvalue weighted by atomic mass is 16.5. The molecule has 0 aliphatic carbocycles. The number of nitriles is 1. The van der Waals surface area contributed by atoms with Crippen molar-refractivity contribution in [3.63, 3.8) is 0 Å². The average Bonchev–Trinajstić information content (AvgIpc) is 3.01. The van der Waals surface area contributed by atoms with Crippen LogP contribution >= 0.6 is 0 Å². The number of nitrogens with one attached hydrogen (secondary N) is 1. The lowest BCUT2D eigenvalue weighted by Gasteiger charge is -2.17. The summed E-state index contributed by atoms with van der Waals surface area (Å²) in [5.41, 5.74) is 2.13. The predicted octanol–water partition coefficient (Wildman–Crippen LogP) is 2.59. The third-order valence-corrected chi connectivity index (χ3v) is 4.02. The van der Waals surface area contributed by atoms with Crippen LogP contribution < -0.4 is 10.2 Å². The molecule has 2 aromatic carbocycles. The molecule has 6 nitrogen and oxygen atoms in total. The van der Waals surface area contributed by atoms with Crippen molar-refractivity contribution < 1.29 is 14.3 Å². The Morgan fingerprint density at radius 3 is 2.60 bits per heavy atom. The standard InChI is InChI=1S/C19H17N3O3/c20-12-14-6-8-16(9-7-14)22-11-10-17(18(22)23)21-19(24)25-13-15-4-2-1-3-5-15/h1-9,17H,10-11,13H2,(H,21,24). The molecule has 1 aliphatic rings. The highest BCUT2D eigenvalue weighted by Gasteiger charge is 2.33. The van der Waals surface area contributed by atoms with Crippen LogP contribution in [0.15, 0.2) is 54.6 Å². The number of hydrogen-bond acceptors (Lipinski definition) is 4. The molecule has 2 aromatic rings. The van der Waals surface area contributed by atoms with Crippen molar-refractivity contribution in [1.82, 2.24) is 5.32 Å². The van der Waals surface area contributed by atoms with Crippen molar-refractivity contribution in [1.29, 1.82) is 5.26 Å². The number of rotatable bonds is 4. The molecule has 6 heteroatoms. The summed E-state index contributed by atoms with van der Waals surface area (Å²) >= 11 is 0. The fourth-order valence-corrected chi connectivity index (χ4v) is 2.69. The topological polar surface area (TPSA) is 82.4 Å². The second-order valence-electron chi connectivity index (χ2n) is 5.70. The van der Waals surface area contributed by atoms with Gasteiger partial charge in [-0.15, -0.1) is 0 Å². The first kappa shape index (κ1) is 16.5. The Kier molecular flexibility index (Phi) is 4.95. The molecule has 0 radical (unpaired) electrons. The van der Waals surface area contributed by atoms with E-state index in [4.69, 9.17) is 10.00 Å². The Labute approximate surface area is 145 Å². The Morgan fingerprint density at radius 1 is 1.20 bits per heavy atom. The van der Waals surface area contributed by atoms with Crippen LogP contribution in [-0.2, 0) is 16.1 Å². The molecular formula is C19H17N3O3. The molecule has 0 saturated carbocycles. The lowest BCUT2D eigenvalue weighted by molar-refractivity contribution is -0.118. The van der Waals surface area contributed by atoms with E-state index in [2.05, 4.69) is 5.32 Å². The molecule has 1 N–H and O–H groups in total. The van der Waals surface area contributed by atoms with E-state index in [9.17, 15) is 9.59 Å². The second-order valence-corrected chi connectivity index (χ2v) is 5.70. The van der Waals surface area contributed by atoms with E-state index in [0.717, 1.165) is 5.56 Å². The molecule has 0 spiro atoms. The Morgan fingerprint density at radius 2 is 1.92 bits per heavy atom. The van der Waals surface area contributed by atoms with Crippen molar-refractivity contribution in [3.8, 4) is 6.07 Å². The van der Waals surface area contributed by atoms with Crippen molar-refractivity contribution >= 4 is 17.7 Å². The van der Waals surface area contributed by atoms with E-state index in [1.54, 1.807) is 29.2 Å². The maximum absolute atomic E-state index is 12.5. The van der Waals surface area contributed by atoms with Gasteiger partial charge in [0.25, 0.3) is 0 Å². The van der Waals surface area contributed by atoms with Gasteiger partial charge in [0.15, 0.2) is 0 Å². The SMILES string of the molecule is N#Cc1ccc(N2CCC(NC(=O)OCc3ccccc3)C2=O)cc1. The molecule has 25 heavy (non-hydrogen) atoms. The summed E-state index contributed by atoms with van der Waals surface area (Å²) in [6.07, 6.45) is -0.0944. The number of benzene rings is 2. The summed E-state index contributed by atoms with van der Waals surface area (Å²) in [5, 5.41) is 11.4. The van der Waals surface area contributed by atoms with Crippen LogP contribution in [0.25, 0.3) is 0 Å². The summed E-state index contributed by atoms with van der Waals surface area (Å²) in [6, 6.07) is 17.6. The van der Waals surface area contributed by atoms with Crippen LogP contribution in [0.5, 0.6) is 0 Å². The third-order valence-electron chi connectivity index (χ3n) is 4.02. The molecule has 1 heterocycles. The molecule has 0 aromatic heterocycles. The predicted molar refractivity (Wildman–Crippen MR) is 91.7 cm³/mol. The second kappa shape index (κ2) is 7.49. The molecule has 3 rings (SSSR count). The van der Waals surface area contributed by atoms with Gasteiger partial charge in [-0.25, -0.2) is 4.79 Å². The van der Waals surface area contributed by atoms with E-state index in [1.807, 2.05) is 36.4 Å². The first-order valence-electron chi connectivity index (χ1n) is 7.96. The summed E-state index contributed by atoms with van der Waals surface area (Å²) in [5.74, 6) is -0.179. The fraction of sp³-hybridized carbons (Fsp3) is 0.211. The lowest BCUT2D eigenvalue weighted by Crippen LogP contribution is -2.41. The Hall–Kier alpha value is -3.33. The maximum Gasteiger partial charge on any atom is 0.408 e. The third kappa shape index (κ3) is 3.96. The number of amides is 2. The van der Waals surface area contributed by atoms with Gasteiger partial charge in [0.05, 0.1) is 11.6 Å². The van der Waals surface area contributed by atoms with Gasteiger partial charge >= 0.3 is 6.09 Å². The molecule has 1 fully saturated rings. The minimum atomic E-state index is -0.608. The zero-order chi connectivity index (χ0) is 17.6. The van der Waals surface area contributed by atoms with Gasteiger partial charge in [0, 0.05) is 12.2 Å². The van der Waals surface area contributed by atoms with Crippen molar-refractivity contribution in [2.45, 2.75) is 19.1 Å². The summed E-state index contributed by atoms with van der Waals surface area (Å²) in [7, 11) is 0. The number of hydrogen-bond donors (Lipinski definition) is 1. The number of alkyl carbamates (subject to hydrolysis) is 1. The van der Waals surface area contributed by atoms with Crippen LogP contribution in [0.1, 0.15) is 17.5 Å². The molecular weight excluding hydrogens is 318 g/mol. The molecule has 2 amide bonds. The van der Waals surface area contributed by atoms with E-state index in [-0.39, 0.29) is 12.5 Å². The van der Waals surface area contributed by atoms with Gasteiger partial charge in [-0.2, -0.15) is 5.26 Å². The van der Waals surface area contributed by atoms with Gasteiger partial charge < -0.3 is 15.0 Å². The van der Waals surface area contributed by atoms with Gasteiger partial charge in [0.2, 0.25) is 5.91 Å². The normalized spacial score (nSPS) is 16.4. The Balaban J connectivity index is 1.54. The van der Waals surface area contributed by atoms with Crippen molar-refractivity contribution in [2.75, 3.05) is 11.4 Å². The highest BCUT2D eigenvalue weighted by molar-refractivity contribution is 6.00. The lowest BCUT2D eigenvalue weighted by atomic mass is 10.2. The minimum Gasteiger partial charge on any atom is -0.445 e. The highest BCUT2D eigenvalue weighted by Crippen LogP contribution is 2.22. The van der Waals surface area contributed by atoms with Crippen molar-refractivity contribution in [2.24, 2.45) is 0 Å². The van der Waals surface area contributed by atoms with E-state index in [1.165, 1.54) is 0 Å². The van der Waals surface area contributed by atoms with Crippen LogP contribution in [0.3, 0.4) is 0 Å². The first-order valence-corrected chi connectivity index (χ1v) is 7.96. The van der Waals surface area contributed by atoms with E-state index < -0.39 is 12.1 Å². The fourth-order valence-electron chi connectivity index (χ4n) is 2.69. The van der Waals surface area contributed by atoms with E-state index in [0.29, 0.717) is 24.2 Å². The minimum absolute atomic E-state index is 0.160. The van der Waals surface area contributed by atoms with Crippen LogP contribution in [-0.4, -0.2) is 24.6 Å². The number of carbonyl (C=O) groups excluding carboxylic acids is 2. The van der Waals surface area contributed by atoms with E-state index >= 15 is 0 Å². The van der Waals surface area contributed by atoms with Gasteiger partial charge in [-0.05, 0) is 36.2 Å². The number of anilines is 1. The van der Waals surface area contributed by atoms with Gasteiger partial charge in [0.1, 0.15) is 12.6 Å². The zero-order valence-electron chi connectivity index (χ0n) is 13.5. The van der Waals surface area contributed by atoms with Crippen LogP contribution in [0.4, 0.5) is 10.5 Å². The molecule has 0 bridgehead atoms. The monoisotopic (exact) mass is 335 g/mol. The number of nitrogens with zero attached hydrogens (tertiary/aromatic N) is 2. The number of ether oxygens (including phenoxy) is 1. The van der Waals surface area contributed by atoms with Crippen molar-refractivity contribution in [3.05, 3.63) is 65.7 Å². The quantitative estimate of drug-likeness (QED) is 0.931. The largest absolute Gasteiger partial charge is 0.445 e. The summed E-state index contributed by atoms with van der Waals surface area (Å²) in [4.78, 5) is 26.0. The average molecular weight is 335 g/mol. The molecule has 1 saturated heterocycles. The van der Waals surface area contributed by atoms with Gasteiger partial charge in [-0.3, -0.25) is 4.79 Å². The molecule has 1 unspecified atom stereocenters. The maximum atomic E-state index is 12.5. The smallest absolute Gasteiger partial charge is 0.408 e.